The highest BCUT2D eigenvalue weighted by molar-refractivity contribution is 8.18. The maximum absolute atomic E-state index is 12.5. The molecule has 3 aromatic rings. The Morgan fingerprint density at radius 2 is 1.90 bits per heavy atom. The van der Waals surface area contributed by atoms with E-state index in [0.29, 0.717) is 38.2 Å². The first-order chi connectivity index (χ1) is 15.0. The van der Waals surface area contributed by atoms with Gasteiger partial charge in [-0.2, -0.15) is 0 Å². The quantitative estimate of drug-likeness (QED) is 0.420. The van der Waals surface area contributed by atoms with Crippen molar-refractivity contribution in [1.82, 2.24) is 5.32 Å². The summed E-state index contributed by atoms with van der Waals surface area (Å²) in [5.41, 5.74) is 3.43. The summed E-state index contributed by atoms with van der Waals surface area (Å²) in [5.74, 6) is 0.477. The topological polar surface area (TPSA) is 50.7 Å². The maximum atomic E-state index is 12.5. The highest BCUT2D eigenvalue weighted by Gasteiger charge is 2.24. The van der Waals surface area contributed by atoms with E-state index in [2.05, 4.69) is 10.3 Å². The van der Waals surface area contributed by atoms with Crippen molar-refractivity contribution >= 4 is 57.8 Å². The van der Waals surface area contributed by atoms with Crippen LogP contribution < -0.4 is 10.1 Å². The van der Waals surface area contributed by atoms with Crippen LogP contribution >= 0.6 is 35.0 Å². The second-order valence-corrected chi connectivity index (χ2v) is 8.75. The van der Waals surface area contributed by atoms with Gasteiger partial charge in [0.15, 0.2) is 5.17 Å². The van der Waals surface area contributed by atoms with Crippen LogP contribution in [0.25, 0.3) is 6.08 Å². The molecule has 1 fully saturated rings. The van der Waals surface area contributed by atoms with Crippen LogP contribution in [0.15, 0.2) is 76.6 Å². The van der Waals surface area contributed by atoms with Gasteiger partial charge in [0.1, 0.15) is 12.4 Å². The summed E-state index contributed by atoms with van der Waals surface area (Å²) in [6.07, 6.45) is 1.80. The SMILES string of the molecule is Cc1ccc(N=C2NC(=O)/C(=C/c3ccccc3OCc3cccc(Cl)c3)S2)cc1Cl. The number of benzene rings is 3. The molecule has 3 aromatic carbocycles. The van der Waals surface area contributed by atoms with Gasteiger partial charge in [0.25, 0.3) is 5.91 Å². The van der Waals surface area contributed by atoms with Crippen molar-refractivity contribution in [3.05, 3.63) is 98.4 Å². The van der Waals surface area contributed by atoms with Gasteiger partial charge in [0.2, 0.25) is 0 Å². The van der Waals surface area contributed by atoms with Gasteiger partial charge in [-0.05, 0) is 66.2 Å². The fourth-order valence-electron chi connectivity index (χ4n) is 2.91. The Morgan fingerprint density at radius 1 is 1.06 bits per heavy atom. The number of carbonyl (C=O) groups excluding carboxylic acids is 1. The maximum Gasteiger partial charge on any atom is 0.264 e. The van der Waals surface area contributed by atoms with Crippen LogP contribution in [0.3, 0.4) is 0 Å². The van der Waals surface area contributed by atoms with Gasteiger partial charge in [-0.1, -0.05) is 59.6 Å². The Labute approximate surface area is 194 Å². The molecule has 1 aliphatic heterocycles. The van der Waals surface area contributed by atoms with Gasteiger partial charge in [-0.25, -0.2) is 4.99 Å². The molecule has 1 aliphatic rings. The molecule has 1 N–H and O–H groups in total. The van der Waals surface area contributed by atoms with Crippen LogP contribution in [0.1, 0.15) is 16.7 Å². The van der Waals surface area contributed by atoms with Gasteiger partial charge < -0.3 is 10.1 Å². The van der Waals surface area contributed by atoms with E-state index in [1.807, 2.05) is 67.6 Å². The minimum atomic E-state index is -0.202. The number of rotatable bonds is 5. The number of para-hydroxylation sites is 1. The molecule has 0 saturated carbocycles. The molecule has 4 rings (SSSR count). The molecule has 0 aromatic heterocycles. The number of amides is 1. The second-order valence-electron chi connectivity index (χ2n) is 6.87. The molecule has 1 amide bonds. The number of hydrogen-bond donors (Lipinski definition) is 1. The number of amidine groups is 1. The van der Waals surface area contributed by atoms with Crippen LogP contribution in [0.5, 0.6) is 5.75 Å². The number of nitrogens with zero attached hydrogens (tertiary/aromatic N) is 1. The molecule has 156 valence electrons. The average molecular weight is 469 g/mol. The van der Waals surface area contributed by atoms with Crippen molar-refractivity contribution in [3.63, 3.8) is 0 Å². The van der Waals surface area contributed by atoms with E-state index in [1.54, 1.807) is 12.1 Å². The first kappa shape index (κ1) is 21.5. The Kier molecular flexibility index (Phi) is 6.66. The summed E-state index contributed by atoms with van der Waals surface area (Å²) in [5, 5.41) is 4.61. The van der Waals surface area contributed by atoms with E-state index >= 15 is 0 Å². The van der Waals surface area contributed by atoms with E-state index in [1.165, 1.54) is 11.8 Å². The predicted octanol–water partition coefficient (Wildman–Crippen LogP) is 6.77. The van der Waals surface area contributed by atoms with Gasteiger partial charge in [-0.3, -0.25) is 4.79 Å². The number of halogens is 2. The minimum absolute atomic E-state index is 0.202. The van der Waals surface area contributed by atoms with E-state index in [4.69, 9.17) is 27.9 Å². The van der Waals surface area contributed by atoms with Crippen LogP contribution in [-0.2, 0) is 11.4 Å². The Hall–Kier alpha value is -2.73. The zero-order chi connectivity index (χ0) is 21.8. The van der Waals surface area contributed by atoms with E-state index in [0.717, 1.165) is 16.7 Å². The summed E-state index contributed by atoms with van der Waals surface area (Å²) >= 11 is 13.5. The third-order valence-corrected chi connectivity index (χ3v) is 6.08. The van der Waals surface area contributed by atoms with E-state index in [9.17, 15) is 4.79 Å². The number of nitrogens with one attached hydrogen (secondary N) is 1. The Bertz CT molecular complexity index is 1210. The smallest absolute Gasteiger partial charge is 0.264 e. The summed E-state index contributed by atoms with van der Waals surface area (Å²) in [7, 11) is 0. The number of ether oxygens (including phenoxy) is 1. The molecule has 1 heterocycles. The molecule has 4 nitrogen and oxygen atoms in total. The van der Waals surface area contributed by atoms with Gasteiger partial charge in [-0.15, -0.1) is 0 Å². The molecule has 0 radical (unpaired) electrons. The first-order valence-corrected chi connectivity index (χ1v) is 11.1. The number of hydrogen-bond acceptors (Lipinski definition) is 4. The lowest BCUT2D eigenvalue weighted by molar-refractivity contribution is -0.115. The Morgan fingerprint density at radius 3 is 2.71 bits per heavy atom. The lowest BCUT2D eigenvalue weighted by atomic mass is 10.2. The molecule has 0 atom stereocenters. The fraction of sp³-hybridized carbons (Fsp3) is 0.0833. The third-order valence-electron chi connectivity index (χ3n) is 4.53. The summed E-state index contributed by atoms with van der Waals surface area (Å²) < 4.78 is 5.98. The second kappa shape index (κ2) is 9.60. The van der Waals surface area contributed by atoms with E-state index < -0.39 is 0 Å². The number of aryl methyl sites for hydroxylation is 1. The van der Waals surface area contributed by atoms with Crippen LogP contribution in [0.2, 0.25) is 10.0 Å². The zero-order valence-electron chi connectivity index (χ0n) is 16.6. The van der Waals surface area contributed by atoms with Crippen molar-refractivity contribution in [3.8, 4) is 5.75 Å². The normalized spacial score (nSPS) is 16.0. The number of thioether (sulfide) groups is 1. The van der Waals surface area contributed by atoms with Crippen LogP contribution in [0, 0.1) is 6.92 Å². The highest BCUT2D eigenvalue weighted by atomic mass is 35.5. The molecule has 1 saturated heterocycles. The first-order valence-electron chi connectivity index (χ1n) is 9.50. The van der Waals surface area contributed by atoms with Gasteiger partial charge in [0.05, 0.1) is 10.6 Å². The van der Waals surface area contributed by atoms with Gasteiger partial charge >= 0.3 is 0 Å². The molecule has 7 heteroatoms. The highest BCUT2D eigenvalue weighted by Crippen LogP contribution is 2.31. The van der Waals surface area contributed by atoms with Crippen molar-refractivity contribution in [2.24, 2.45) is 4.99 Å². The van der Waals surface area contributed by atoms with Crippen molar-refractivity contribution in [2.45, 2.75) is 13.5 Å². The fourth-order valence-corrected chi connectivity index (χ4v) is 4.13. The Balaban J connectivity index is 1.52. The van der Waals surface area contributed by atoms with Crippen molar-refractivity contribution < 1.29 is 9.53 Å². The number of carbonyl (C=O) groups is 1. The monoisotopic (exact) mass is 468 g/mol. The lowest BCUT2D eigenvalue weighted by Gasteiger charge is -2.09. The molecule has 0 bridgehead atoms. The predicted molar refractivity (Wildman–Crippen MR) is 129 cm³/mol. The molecular formula is C24H18Cl2N2O2S. The average Bonchev–Trinajstić information content (AvgIpc) is 3.09. The van der Waals surface area contributed by atoms with Crippen LogP contribution in [-0.4, -0.2) is 11.1 Å². The zero-order valence-corrected chi connectivity index (χ0v) is 18.9. The van der Waals surface area contributed by atoms with E-state index in [-0.39, 0.29) is 5.91 Å². The van der Waals surface area contributed by atoms with Crippen molar-refractivity contribution in [2.75, 3.05) is 0 Å². The standard InChI is InChI=1S/C24H18Cl2N2O2S/c1-15-9-10-19(13-20(15)26)27-24-28-23(29)22(31-24)12-17-6-2-3-8-21(17)30-14-16-5-4-7-18(25)11-16/h2-13H,14H2,1H3,(H,27,28,29)/b22-12-. The third kappa shape index (κ3) is 5.50. The molecule has 0 unspecified atom stereocenters. The lowest BCUT2D eigenvalue weighted by Crippen LogP contribution is -2.19. The summed E-state index contributed by atoms with van der Waals surface area (Å²) in [4.78, 5) is 17.5. The summed E-state index contributed by atoms with van der Waals surface area (Å²) in [6, 6.07) is 20.6. The number of aliphatic imine (C=N–C) groups is 1. The summed E-state index contributed by atoms with van der Waals surface area (Å²) in [6.45, 7) is 2.30. The molecule has 0 spiro atoms. The van der Waals surface area contributed by atoms with Crippen molar-refractivity contribution in [1.29, 1.82) is 0 Å². The largest absolute Gasteiger partial charge is 0.488 e. The molecule has 0 aliphatic carbocycles. The molecular weight excluding hydrogens is 451 g/mol. The van der Waals surface area contributed by atoms with Gasteiger partial charge in [0, 0.05) is 15.6 Å². The minimum Gasteiger partial charge on any atom is -0.488 e. The van der Waals surface area contributed by atoms with Crippen LogP contribution in [0.4, 0.5) is 5.69 Å². The molecule has 31 heavy (non-hydrogen) atoms.